The molecule has 0 unspecified atom stereocenters. The first-order valence-electron chi connectivity index (χ1n) is 16.5. The van der Waals surface area contributed by atoms with Crippen LogP contribution in [0.25, 0.3) is 11.3 Å². The van der Waals surface area contributed by atoms with Crippen molar-refractivity contribution < 1.29 is 28.6 Å². The average molecular weight is 673 g/mol. The maximum Gasteiger partial charge on any atom is 0.415 e. The van der Waals surface area contributed by atoms with E-state index in [0.717, 1.165) is 28.8 Å². The first-order valence-corrected chi connectivity index (χ1v) is 16.5. The zero-order valence-electron chi connectivity index (χ0n) is 28.3. The maximum absolute atomic E-state index is 14.6. The second-order valence-electron chi connectivity index (χ2n) is 13.1. The summed E-state index contributed by atoms with van der Waals surface area (Å²) in [4.78, 5) is 46.6. The van der Waals surface area contributed by atoms with E-state index in [-0.39, 0.29) is 42.4 Å². The number of phenolic OH excluding ortho intramolecular Hbond substituents is 1. The second-order valence-corrected chi connectivity index (χ2v) is 13.1. The molecule has 2 aliphatic rings. The van der Waals surface area contributed by atoms with Crippen molar-refractivity contribution in [2.45, 2.75) is 45.9 Å². The Hall–Kier alpha value is -5.90. The summed E-state index contributed by atoms with van der Waals surface area (Å²) in [6.07, 6.45) is 0.153. The lowest BCUT2D eigenvalue weighted by molar-refractivity contribution is 0.0658. The molecule has 5 aromatic rings. The van der Waals surface area contributed by atoms with Gasteiger partial charge < -0.3 is 24.2 Å². The van der Waals surface area contributed by atoms with Crippen molar-refractivity contribution in [3.63, 3.8) is 0 Å². The van der Waals surface area contributed by atoms with Crippen LogP contribution in [0.3, 0.4) is 0 Å². The van der Waals surface area contributed by atoms with Crippen LogP contribution in [-0.2, 0) is 33.1 Å². The van der Waals surface area contributed by atoms with Gasteiger partial charge in [-0.3, -0.25) is 14.5 Å². The molecule has 0 aliphatic carbocycles. The van der Waals surface area contributed by atoms with Gasteiger partial charge in [0, 0.05) is 68.0 Å². The normalized spacial score (nSPS) is 15.0. The standard InChI is InChI=1S/C40H37FN4O5/c1-24-17-26-7-5-6-8-27(26)23-45(24)39(48)36-19-29-22-44(40(49)50-33-15-9-30(41)10-16-33)21-28(29)18-35(36)37-20-34(25(2)42(37)3)38(47)43(4)31-11-13-32(46)14-12-31/h5-16,18-20,24,46H,17,21-23H2,1-4H3/t24-/m1/s1. The number of hydrogen-bond donors (Lipinski definition) is 1. The minimum atomic E-state index is -0.580. The summed E-state index contributed by atoms with van der Waals surface area (Å²) in [7, 11) is 3.55. The van der Waals surface area contributed by atoms with Crippen LogP contribution in [0.2, 0.25) is 0 Å². The Labute approximate surface area is 289 Å². The van der Waals surface area contributed by atoms with Crippen molar-refractivity contribution in [2.24, 2.45) is 7.05 Å². The smallest absolute Gasteiger partial charge is 0.415 e. The van der Waals surface area contributed by atoms with E-state index in [9.17, 15) is 23.9 Å². The molecular formula is C40H37FN4O5. The number of aromatic nitrogens is 1. The largest absolute Gasteiger partial charge is 0.508 e. The Kier molecular flexibility index (Phi) is 8.39. The topological polar surface area (TPSA) is 95.3 Å². The summed E-state index contributed by atoms with van der Waals surface area (Å²) < 4.78 is 20.9. The molecule has 10 heteroatoms. The fourth-order valence-electron chi connectivity index (χ4n) is 6.89. The summed E-state index contributed by atoms with van der Waals surface area (Å²) in [6.45, 7) is 4.88. The number of ether oxygens (including phenoxy) is 1. The molecule has 50 heavy (non-hydrogen) atoms. The number of hydrogen-bond acceptors (Lipinski definition) is 5. The molecule has 0 spiro atoms. The van der Waals surface area contributed by atoms with Gasteiger partial charge >= 0.3 is 6.09 Å². The molecule has 1 atom stereocenters. The van der Waals surface area contributed by atoms with Gasteiger partial charge in [-0.15, -0.1) is 0 Å². The number of carbonyl (C=O) groups is 3. The van der Waals surface area contributed by atoms with Gasteiger partial charge in [0.2, 0.25) is 0 Å². The Morgan fingerprint density at radius 2 is 1.50 bits per heavy atom. The van der Waals surface area contributed by atoms with E-state index in [4.69, 9.17) is 4.74 Å². The number of anilines is 1. The lowest BCUT2D eigenvalue weighted by atomic mass is 9.92. The molecule has 2 aliphatic heterocycles. The number of fused-ring (bicyclic) bond motifs is 2. The van der Waals surface area contributed by atoms with Gasteiger partial charge in [-0.2, -0.15) is 0 Å². The van der Waals surface area contributed by atoms with Crippen LogP contribution >= 0.6 is 0 Å². The van der Waals surface area contributed by atoms with Gasteiger partial charge in [-0.25, -0.2) is 9.18 Å². The molecule has 0 radical (unpaired) electrons. The molecule has 254 valence electrons. The summed E-state index contributed by atoms with van der Waals surface area (Å²) in [6, 6.07) is 25.4. The third kappa shape index (κ3) is 5.97. The Morgan fingerprint density at radius 3 is 2.20 bits per heavy atom. The second kappa shape index (κ2) is 12.9. The maximum atomic E-state index is 14.6. The minimum Gasteiger partial charge on any atom is -0.508 e. The first kappa shape index (κ1) is 32.6. The van der Waals surface area contributed by atoms with E-state index in [1.165, 1.54) is 46.9 Å². The van der Waals surface area contributed by atoms with Crippen molar-refractivity contribution >= 4 is 23.6 Å². The van der Waals surface area contributed by atoms with Crippen LogP contribution in [-0.4, -0.2) is 50.5 Å². The van der Waals surface area contributed by atoms with Crippen molar-refractivity contribution in [3.8, 4) is 22.8 Å². The summed E-state index contributed by atoms with van der Waals surface area (Å²) in [5.74, 6) is -0.458. The molecule has 0 saturated carbocycles. The molecule has 0 fully saturated rings. The zero-order chi connectivity index (χ0) is 35.3. The average Bonchev–Trinajstić information content (AvgIpc) is 3.67. The first-order chi connectivity index (χ1) is 24.0. The number of aromatic hydroxyl groups is 1. The van der Waals surface area contributed by atoms with Crippen molar-refractivity contribution in [3.05, 3.63) is 136 Å². The highest BCUT2D eigenvalue weighted by Gasteiger charge is 2.33. The fraction of sp³-hybridized carbons (Fsp3) is 0.225. The summed E-state index contributed by atoms with van der Waals surface area (Å²) in [5.41, 5.74) is 7.67. The van der Waals surface area contributed by atoms with E-state index in [1.807, 2.05) is 53.8 Å². The third-order valence-corrected chi connectivity index (χ3v) is 9.92. The van der Waals surface area contributed by atoms with E-state index in [2.05, 4.69) is 19.1 Å². The molecule has 4 aromatic carbocycles. The van der Waals surface area contributed by atoms with E-state index >= 15 is 0 Å². The molecule has 1 N–H and O–H groups in total. The third-order valence-electron chi connectivity index (χ3n) is 9.92. The molecular weight excluding hydrogens is 635 g/mol. The van der Waals surface area contributed by atoms with Gasteiger partial charge in [-0.05, 0) is 109 Å². The molecule has 7 rings (SSSR count). The highest BCUT2D eigenvalue weighted by Crippen LogP contribution is 2.37. The van der Waals surface area contributed by atoms with Crippen LogP contribution in [0.5, 0.6) is 11.5 Å². The van der Waals surface area contributed by atoms with Crippen LogP contribution < -0.4 is 9.64 Å². The predicted octanol–water partition coefficient (Wildman–Crippen LogP) is 7.22. The Bertz CT molecular complexity index is 2140. The van der Waals surface area contributed by atoms with Crippen molar-refractivity contribution in [2.75, 3.05) is 11.9 Å². The number of carbonyl (C=O) groups excluding carboxylic acids is 3. The number of phenols is 1. The number of nitrogens with zero attached hydrogens (tertiary/aromatic N) is 4. The number of amides is 3. The SMILES string of the molecule is Cc1c(C(=O)N(C)c2ccc(O)cc2)cc(-c2cc3c(cc2C(=O)N2Cc4ccccc4C[C@H]2C)CN(C(=O)Oc2ccc(F)cc2)C3)n1C. The minimum absolute atomic E-state index is 0.0491. The molecule has 0 bridgehead atoms. The predicted molar refractivity (Wildman–Crippen MR) is 188 cm³/mol. The van der Waals surface area contributed by atoms with Crippen molar-refractivity contribution in [1.29, 1.82) is 0 Å². The Balaban J connectivity index is 1.27. The van der Waals surface area contributed by atoms with E-state index in [0.29, 0.717) is 34.6 Å². The van der Waals surface area contributed by atoms with E-state index < -0.39 is 11.9 Å². The molecule has 0 saturated heterocycles. The van der Waals surface area contributed by atoms with Gasteiger partial charge in [0.15, 0.2) is 0 Å². The Morgan fingerprint density at radius 1 is 0.840 bits per heavy atom. The van der Waals surface area contributed by atoms with Gasteiger partial charge in [0.05, 0.1) is 5.56 Å². The van der Waals surface area contributed by atoms with Crippen LogP contribution in [0.4, 0.5) is 14.9 Å². The molecule has 3 amide bonds. The van der Waals surface area contributed by atoms with E-state index in [1.54, 1.807) is 24.1 Å². The summed E-state index contributed by atoms with van der Waals surface area (Å²) in [5, 5.41) is 9.74. The summed E-state index contributed by atoms with van der Waals surface area (Å²) >= 11 is 0. The van der Waals surface area contributed by atoms with Gasteiger partial charge in [-0.1, -0.05) is 24.3 Å². The number of rotatable bonds is 5. The quantitative estimate of drug-likeness (QED) is 0.213. The van der Waals surface area contributed by atoms with Crippen molar-refractivity contribution in [1.82, 2.24) is 14.4 Å². The van der Waals surface area contributed by atoms with Gasteiger partial charge in [0.1, 0.15) is 17.3 Å². The van der Waals surface area contributed by atoms with Gasteiger partial charge in [0.25, 0.3) is 11.8 Å². The highest BCUT2D eigenvalue weighted by molar-refractivity contribution is 6.08. The molecule has 3 heterocycles. The van der Waals surface area contributed by atoms with Crippen LogP contribution in [0.15, 0.2) is 91.0 Å². The molecule has 9 nitrogen and oxygen atoms in total. The fourth-order valence-corrected chi connectivity index (χ4v) is 6.89. The number of halogens is 1. The number of benzene rings is 4. The highest BCUT2D eigenvalue weighted by atomic mass is 19.1. The zero-order valence-corrected chi connectivity index (χ0v) is 28.3. The lowest BCUT2D eigenvalue weighted by Gasteiger charge is -2.35. The van der Waals surface area contributed by atoms with Crippen LogP contribution in [0.1, 0.15) is 55.6 Å². The molecule has 1 aromatic heterocycles. The monoisotopic (exact) mass is 672 g/mol. The lowest BCUT2D eigenvalue weighted by Crippen LogP contribution is -2.42. The van der Waals surface area contributed by atoms with Crippen LogP contribution in [0, 0.1) is 12.7 Å².